The van der Waals surface area contributed by atoms with E-state index in [-0.39, 0.29) is 11.8 Å². The molecule has 18 heavy (non-hydrogen) atoms. The van der Waals surface area contributed by atoms with Gasteiger partial charge in [0.25, 0.3) is 0 Å². The monoisotopic (exact) mass is 290 g/mol. The molecule has 4 nitrogen and oxygen atoms in total. The van der Waals surface area contributed by atoms with Crippen LogP contribution in [0.5, 0.6) is 0 Å². The van der Waals surface area contributed by atoms with Crippen LogP contribution in [0.25, 0.3) is 0 Å². The zero-order valence-corrected chi connectivity index (χ0v) is 12.7. The number of likely N-dealkylation sites (tertiary alicyclic amines) is 1. The number of rotatable bonds is 4. The Labute approximate surface area is 119 Å². The lowest BCUT2D eigenvalue weighted by atomic mass is 10.2. The number of hydrogen-bond acceptors (Lipinski definition) is 4. The predicted molar refractivity (Wildman–Crippen MR) is 79.2 cm³/mol. The Morgan fingerprint density at radius 3 is 2.72 bits per heavy atom. The summed E-state index contributed by atoms with van der Waals surface area (Å²) in [6, 6.07) is -0.489. The Hall–Kier alpha value is -0.360. The van der Waals surface area contributed by atoms with E-state index in [1.165, 1.54) is 6.92 Å². The third-order valence-electron chi connectivity index (χ3n) is 3.18. The van der Waals surface area contributed by atoms with Crippen LogP contribution in [0.3, 0.4) is 0 Å². The summed E-state index contributed by atoms with van der Waals surface area (Å²) in [6.07, 6.45) is 5.36. The maximum Gasteiger partial charge on any atom is 0.245 e. The Kier molecular flexibility index (Phi) is 6.92. The lowest BCUT2D eigenvalue weighted by Gasteiger charge is -2.25. The Bertz CT molecular complexity index is 300. The van der Waals surface area contributed by atoms with E-state index < -0.39 is 6.04 Å². The van der Waals surface area contributed by atoms with Gasteiger partial charge in [0.1, 0.15) is 6.04 Å². The number of carbonyl (C=O) groups excluding carboxylic acids is 2. The van der Waals surface area contributed by atoms with E-state index >= 15 is 0 Å². The van der Waals surface area contributed by atoms with Gasteiger partial charge in [0.05, 0.1) is 0 Å². The second kappa shape index (κ2) is 7.94. The summed E-state index contributed by atoms with van der Waals surface area (Å²) in [5.74, 6) is 0.169. The lowest BCUT2D eigenvalue weighted by Crippen LogP contribution is -2.49. The third kappa shape index (κ3) is 4.72. The fraction of sp³-hybridized carbons (Fsp3) is 0.833. The van der Waals surface area contributed by atoms with E-state index in [0.717, 1.165) is 32.4 Å². The van der Waals surface area contributed by atoms with Gasteiger partial charge in [0.2, 0.25) is 11.8 Å². The van der Waals surface area contributed by atoms with Crippen molar-refractivity contribution in [1.29, 1.82) is 0 Å². The van der Waals surface area contributed by atoms with Crippen LogP contribution in [-0.2, 0) is 9.59 Å². The summed E-state index contributed by atoms with van der Waals surface area (Å²) >= 11 is 6.02. The molecule has 0 bridgehead atoms. The second-order valence-corrected chi connectivity index (χ2v) is 6.05. The van der Waals surface area contributed by atoms with Crippen LogP contribution < -0.4 is 5.32 Å². The van der Waals surface area contributed by atoms with Crippen molar-refractivity contribution in [3.05, 3.63) is 0 Å². The number of amides is 2. The van der Waals surface area contributed by atoms with Gasteiger partial charge in [-0.05, 0) is 25.5 Å². The molecule has 0 saturated carbocycles. The maximum atomic E-state index is 12.3. The molecule has 0 aromatic rings. The zero-order chi connectivity index (χ0) is 13.5. The van der Waals surface area contributed by atoms with Crippen molar-refractivity contribution >= 4 is 36.2 Å². The van der Waals surface area contributed by atoms with Crippen molar-refractivity contribution in [3.63, 3.8) is 0 Å². The standard InChI is InChI=1S/C12H22N2O2S2/c1-9(15)13-11(8-17)12(16)14-6-3-4-10(18-2)5-7-14/h10-11,17H,3-8H2,1-2H3,(H,13,15). The topological polar surface area (TPSA) is 49.4 Å². The van der Waals surface area contributed by atoms with Crippen LogP contribution in [0, 0.1) is 0 Å². The van der Waals surface area contributed by atoms with Crippen molar-refractivity contribution < 1.29 is 9.59 Å². The van der Waals surface area contributed by atoms with Gasteiger partial charge in [-0.15, -0.1) is 0 Å². The fourth-order valence-corrected chi connectivity index (χ4v) is 3.16. The highest BCUT2D eigenvalue weighted by Crippen LogP contribution is 2.21. The molecule has 2 unspecified atom stereocenters. The fourth-order valence-electron chi connectivity index (χ4n) is 2.17. The summed E-state index contributed by atoms with van der Waals surface area (Å²) < 4.78 is 0. The summed E-state index contributed by atoms with van der Waals surface area (Å²) in [7, 11) is 0. The highest BCUT2D eigenvalue weighted by Gasteiger charge is 2.26. The molecule has 0 aliphatic carbocycles. The van der Waals surface area contributed by atoms with Gasteiger partial charge in [-0.25, -0.2) is 0 Å². The normalized spacial score (nSPS) is 22.2. The van der Waals surface area contributed by atoms with Crippen LogP contribution >= 0.6 is 24.4 Å². The van der Waals surface area contributed by atoms with Gasteiger partial charge in [-0.3, -0.25) is 9.59 Å². The summed E-state index contributed by atoms with van der Waals surface area (Å²) in [5, 5.41) is 3.31. The average molecular weight is 290 g/mol. The molecule has 1 aliphatic rings. The average Bonchev–Trinajstić information content (AvgIpc) is 2.60. The largest absolute Gasteiger partial charge is 0.344 e. The molecular weight excluding hydrogens is 268 g/mol. The minimum absolute atomic E-state index is 0.00181. The summed E-state index contributed by atoms with van der Waals surface area (Å²) in [5.41, 5.74) is 0. The Balaban J connectivity index is 2.56. The molecule has 1 fully saturated rings. The molecule has 1 N–H and O–H groups in total. The van der Waals surface area contributed by atoms with E-state index in [2.05, 4.69) is 24.2 Å². The predicted octanol–water partition coefficient (Wildman–Crippen LogP) is 1.16. The van der Waals surface area contributed by atoms with Gasteiger partial charge < -0.3 is 10.2 Å². The number of thioether (sulfide) groups is 1. The van der Waals surface area contributed by atoms with Gasteiger partial charge >= 0.3 is 0 Å². The quantitative estimate of drug-likeness (QED) is 0.764. The molecule has 1 heterocycles. The minimum Gasteiger partial charge on any atom is -0.344 e. The van der Waals surface area contributed by atoms with Gasteiger partial charge in [0.15, 0.2) is 0 Å². The number of thiol groups is 1. The molecule has 104 valence electrons. The smallest absolute Gasteiger partial charge is 0.245 e. The maximum absolute atomic E-state index is 12.3. The first kappa shape index (κ1) is 15.7. The first-order chi connectivity index (χ1) is 8.58. The number of carbonyl (C=O) groups is 2. The molecule has 2 amide bonds. The van der Waals surface area contributed by atoms with Crippen LogP contribution in [0.4, 0.5) is 0 Å². The van der Waals surface area contributed by atoms with Crippen molar-refractivity contribution in [2.75, 3.05) is 25.1 Å². The van der Waals surface area contributed by atoms with Crippen molar-refractivity contribution in [3.8, 4) is 0 Å². The van der Waals surface area contributed by atoms with Crippen LogP contribution in [0.1, 0.15) is 26.2 Å². The first-order valence-corrected chi connectivity index (χ1v) is 8.20. The molecule has 1 saturated heterocycles. The van der Waals surface area contributed by atoms with Crippen molar-refractivity contribution in [1.82, 2.24) is 10.2 Å². The number of hydrogen-bond donors (Lipinski definition) is 2. The van der Waals surface area contributed by atoms with Crippen molar-refractivity contribution in [2.45, 2.75) is 37.5 Å². The lowest BCUT2D eigenvalue weighted by molar-refractivity contribution is -0.135. The van der Waals surface area contributed by atoms with Crippen LogP contribution in [-0.4, -0.2) is 53.1 Å². The Morgan fingerprint density at radius 1 is 1.44 bits per heavy atom. The highest BCUT2D eigenvalue weighted by molar-refractivity contribution is 7.99. The zero-order valence-electron chi connectivity index (χ0n) is 11.0. The van der Waals surface area contributed by atoms with Gasteiger partial charge in [0, 0.05) is 31.0 Å². The molecule has 0 aromatic heterocycles. The molecule has 0 spiro atoms. The molecule has 1 rings (SSSR count). The van der Waals surface area contributed by atoms with E-state index in [0.29, 0.717) is 11.0 Å². The summed E-state index contributed by atoms with van der Waals surface area (Å²) in [6.45, 7) is 3.00. The molecular formula is C12H22N2O2S2. The number of nitrogens with zero attached hydrogens (tertiary/aromatic N) is 1. The molecule has 2 atom stereocenters. The van der Waals surface area contributed by atoms with E-state index in [1.54, 1.807) is 0 Å². The van der Waals surface area contributed by atoms with E-state index in [9.17, 15) is 9.59 Å². The molecule has 0 radical (unpaired) electrons. The number of nitrogens with one attached hydrogen (secondary N) is 1. The van der Waals surface area contributed by atoms with Gasteiger partial charge in [-0.2, -0.15) is 24.4 Å². The van der Waals surface area contributed by atoms with E-state index in [1.807, 2.05) is 16.7 Å². The highest BCUT2D eigenvalue weighted by atomic mass is 32.2. The first-order valence-electron chi connectivity index (χ1n) is 6.28. The second-order valence-electron chi connectivity index (χ2n) is 4.55. The molecule has 6 heteroatoms. The molecule has 0 aromatic carbocycles. The van der Waals surface area contributed by atoms with E-state index in [4.69, 9.17) is 0 Å². The third-order valence-corrected chi connectivity index (χ3v) is 4.68. The molecule has 1 aliphatic heterocycles. The minimum atomic E-state index is -0.489. The SMILES string of the molecule is CSC1CCCN(C(=O)C(CS)NC(C)=O)CC1. The Morgan fingerprint density at radius 2 is 2.17 bits per heavy atom. The van der Waals surface area contributed by atoms with Crippen LogP contribution in [0.2, 0.25) is 0 Å². The van der Waals surface area contributed by atoms with Crippen molar-refractivity contribution in [2.24, 2.45) is 0 Å². The summed E-state index contributed by atoms with van der Waals surface area (Å²) in [4.78, 5) is 25.2. The van der Waals surface area contributed by atoms with Gasteiger partial charge in [-0.1, -0.05) is 0 Å². The van der Waals surface area contributed by atoms with Crippen LogP contribution in [0.15, 0.2) is 0 Å².